The number of halogens is 4. The van der Waals surface area contributed by atoms with Crippen molar-refractivity contribution in [1.82, 2.24) is 0 Å². The average molecular weight is 376 g/mol. The Kier molecular flexibility index (Phi) is 4.43. The number of alkyl halides is 4. The van der Waals surface area contributed by atoms with Gasteiger partial charge in [0.1, 0.15) is 6.10 Å². The van der Waals surface area contributed by atoms with Gasteiger partial charge in [-0.2, -0.15) is 13.2 Å². The first-order valence-electron chi connectivity index (χ1n) is 6.98. The summed E-state index contributed by atoms with van der Waals surface area (Å²) >= 11 is -1.07. The van der Waals surface area contributed by atoms with E-state index in [-0.39, 0.29) is 23.7 Å². The molecule has 0 aromatic carbocycles. The van der Waals surface area contributed by atoms with Crippen molar-refractivity contribution in [3.05, 3.63) is 0 Å². The summed E-state index contributed by atoms with van der Waals surface area (Å²) in [5.74, 6) is -3.29. The van der Waals surface area contributed by atoms with Crippen LogP contribution in [0.3, 0.4) is 0 Å². The summed E-state index contributed by atoms with van der Waals surface area (Å²) in [6.07, 6.45) is -4.98. The third-order valence-corrected chi connectivity index (χ3v) is 5.62. The number of rotatable bonds is 6. The van der Waals surface area contributed by atoms with E-state index < -0.39 is 47.8 Å². The van der Waals surface area contributed by atoms with Crippen LogP contribution < -0.4 is 0 Å². The van der Waals surface area contributed by atoms with Gasteiger partial charge in [0.25, 0.3) is 0 Å². The summed E-state index contributed by atoms with van der Waals surface area (Å²) in [4.78, 5) is 23.2. The molecule has 1 heterocycles. The van der Waals surface area contributed by atoms with Crippen LogP contribution in [-0.2, 0) is 28.4 Å². The lowest BCUT2D eigenvalue weighted by molar-refractivity contribution is -0.433. The molecule has 0 amide bonds. The van der Waals surface area contributed by atoms with Crippen LogP contribution in [0.1, 0.15) is 12.8 Å². The van der Waals surface area contributed by atoms with Crippen molar-refractivity contribution in [1.29, 1.82) is 0 Å². The molecule has 6 unspecified atom stereocenters. The van der Waals surface area contributed by atoms with Gasteiger partial charge < -0.3 is 9.47 Å². The maximum atomic E-state index is 14.0. The van der Waals surface area contributed by atoms with E-state index >= 15 is 0 Å². The van der Waals surface area contributed by atoms with Gasteiger partial charge in [0.05, 0.1) is 24.6 Å². The van der Waals surface area contributed by atoms with Gasteiger partial charge in [-0.05, 0) is 18.8 Å². The first kappa shape index (κ1) is 17.7. The molecule has 136 valence electrons. The fourth-order valence-electron chi connectivity index (χ4n) is 3.83. The molecular formula is C12H12F4O7S. The molecule has 7 nitrogen and oxygen atoms in total. The normalized spacial score (nSPS) is 36.5. The molecule has 1 N–H and O–H groups in total. The molecule has 1 saturated heterocycles. The lowest BCUT2D eigenvalue weighted by atomic mass is 9.83. The first-order valence-corrected chi connectivity index (χ1v) is 7.72. The van der Waals surface area contributed by atoms with Crippen molar-refractivity contribution < 1.29 is 51.3 Å². The minimum atomic E-state index is -5.66. The second-order valence-corrected chi connectivity index (χ2v) is 6.85. The van der Waals surface area contributed by atoms with Crippen LogP contribution in [0.4, 0.5) is 17.6 Å². The average Bonchev–Trinajstić information content (AvgIpc) is 3.12. The van der Waals surface area contributed by atoms with Crippen LogP contribution in [0, 0.1) is 23.7 Å². The fourth-order valence-corrected chi connectivity index (χ4v) is 4.18. The van der Waals surface area contributed by atoms with E-state index in [2.05, 4.69) is 14.1 Å². The Morgan fingerprint density at radius 2 is 2.04 bits per heavy atom. The first-order chi connectivity index (χ1) is 11.2. The molecule has 12 heteroatoms. The number of hydrogen-bond acceptors (Lipinski definition) is 8. The smallest absolute Gasteiger partial charge is 0.446 e. The van der Waals surface area contributed by atoms with Crippen molar-refractivity contribution in [2.45, 2.75) is 30.1 Å². The highest BCUT2D eigenvalue weighted by Crippen LogP contribution is 2.57. The topological polar surface area (TPSA) is 91.3 Å². The van der Waals surface area contributed by atoms with Gasteiger partial charge in [-0.3, -0.25) is 4.79 Å². The Morgan fingerprint density at radius 3 is 2.67 bits per heavy atom. The highest BCUT2D eigenvalue weighted by atomic mass is 32.2. The van der Waals surface area contributed by atoms with Gasteiger partial charge in [-0.15, -0.1) is 4.33 Å². The molecule has 0 radical (unpaired) electrons. The van der Waals surface area contributed by atoms with Crippen LogP contribution in [0.5, 0.6) is 0 Å². The summed E-state index contributed by atoms with van der Waals surface area (Å²) in [6, 6.07) is 0. The van der Waals surface area contributed by atoms with E-state index in [0.29, 0.717) is 12.8 Å². The number of fused-ring (bicyclic) bond motifs is 1. The van der Waals surface area contributed by atoms with Gasteiger partial charge in [-0.25, -0.2) is 14.4 Å². The molecule has 3 rings (SSSR count). The van der Waals surface area contributed by atoms with E-state index in [0.717, 1.165) is 0 Å². The zero-order valence-electron chi connectivity index (χ0n) is 11.8. The Morgan fingerprint density at radius 1 is 1.33 bits per heavy atom. The summed E-state index contributed by atoms with van der Waals surface area (Å²) < 4.78 is 65.3. The van der Waals surface area contributed by atoms with Crippen molar-refractivity contribution in [2.24, 2.45) is 23.7 Å². The van der Waals surface area contributed by atoms with Gasteiger partial charge >= 0.3 is 23.1 Å². The van der Waals surface area contributed by atoms with Crippen molar-refractivity contribution in [3.63, 3.8) is 0 Å². The Bertz CT molecular complexity index is 544. The van der Waals surface area contributed by atoms with E-state index in [1.54, 1.807) is 0 Å². The largest absolute Gasteiger partial charge is 0.462 e. The fraction of sp³-hybridized carbons (Fsp3) is 0.833. The lowest BCUT2D eigenvalue weighted by Gasteiger charge is -2.27. The van der Waals surface area contributed by atoms with E-state index in [9.17, 15) is 27.2 Å². The SMILES string of the molecule is O=C1OC2C(COC(=O)C(F)(SOOO)C(F)(F)F)C3CC1C2C3. The van der Waals surface area contributed by atoms with Crippen molar-refractivity contribution in [2.75, 3.05) is 6.61 Å². The molecule has 0 aromatic rings. The standard InChI is InChI=1S/C12H12F4O7S/c13-11(12(14,15)16,24-23-22-19)10(18)20-3-7-4-1-5-6(2-4)9(17)21-8(5)7/h4-8,19H,1-3H2. The van der Waals surface area contributed by atoms with Crippen molar-refractivity contribution >= 4 is 24.0 Å². The predicted molar refractivity (Wildman–Crippen MR) is 66.3 cm³/mol. The maximum Gasteiger partial charge on any atom is 0.446 e. The van der Waals surface area contributed by atoms with Gasteiger partial charge in [0.15, 0.2) is 0 Å². The lowest BCUT2D eigenvalue weighted by Crippen LogP contribution is -2.47. The monoisotopic (exact) mass is 376 g/mol. The third kappa shape index (κ3) is 2.65. The van der Waals surface area contributed by atoms with E-state index in [1.807, 2.05) is 0 Å². The molecule has 2 bridgehead atoms. The summed E-state index contributed by atoms with van der Waals surface area (Å²) in [5, 5.41) is 6.21. The molecule has 3 aliphatic rings. The molecular weight excluding hydrogens is 364 g/mol. The second-order valence-electron chi connectivity index (χ2n) is 5.98. The maximum absolute atomic E-state index is 14.0. The number of esters is 2. The Labute approximate surface area is 136 Å². The predicted octanol–water partition coefficient (Wildman–Crippen LogP) is 2.02. The molecule has 6 atom stereocenters. The quantitative estimate of drug-likeness (QED) is 0.248. The van der Waals surface area contributed by atoms with Crippen LogP contribution >= 0.6 is 12.0 Å². The highest BCUT2D eigenvalue weighted by Gasteiger charge is 2.67. The molecule has 24 heavy (non-hydrogen) atoms. The van der Waals surface area contributed by atoms with Gasteiger partial charge in [-0.1, -0.05) is 5.04 Å². The summed E-state index contributed by atoms with van der Waals surface area (Å²) in [5.41, 5.74) is 0. The molecule has 3 fully saturated rings. The van der Waals surface area contributed by atoms with Crippen LogP contribution in [-0.4, -0.2) is 41.1 Å². The number of carbonyl (C=O) groups is 2. The molecule has 0 spiro atoms. The van der Waals surface area contributed by atoms with E-state index in [1.165, 1.54) is 0 Å². The third-order valence-electron chi connectivity index (χ3n) is 4.87. The minimum Gasteiger partial charge on any atom is -0.462 e. The summed E-state index contributed by atoms with van der Waals surface area (Å²) in [7, 11) is 0. The minimum absolute atomic E-state index is 0.0196. The van der Waals surface area contributed by atoms with Crippen LogP contribution in [0.15, 0.2) is 0 Å². The zero-order chi connectivity index (χ0) is 17.7. The van der Waals surface area contributed by atoms with Gasteiger partial charge in [0.2, 0.25) is 0 Å². The van der Waals surface area contributed by atoms with E-state index in [4.69, 9.17) is 9.99 Å². The molecule has 1 aliphatic heterocycles. The zero-order valence-corrected chi connectivity index (χ0v) is 12.6. The van der Waals surface area contributed by atoms with Gasteiger partial charge in [0, 0.05) is 11.8 Å². The number of hydrogen-bond donors (Lipinski definition) is 1. The Hall–Kier alpha value is -1.11. The molecule has 2 saturated carbocycles. The van der Waals surface area contributed by atoms with Crippen LogP contribution in [0.2, 0.25) is 0 Å². The van der Waals surface area contributed by atoms with Crippen molar-refractivity contribution in [3.8, 4) is 0 Å². The second kappa shape index (κ2) is 6.00. The highest BCUT2D eigenvalue weighted by molar-refractivity contribution is 7.96. The Balaban J connectivity index is 1.63. The van der Waals surface area contributed by atoms with Crippen LogP contribution in [0.25, 0.3) is 0 Å². The molecule has 0 aromatic heterocycles. The molecule has 2 aliphatic carbocycles. The number of carbonyl (C=O) groups excluding carboxylic acids is 2. The number of ether oxygens (including phenoxy) is 2. The summed E-state index contributed by atoms with van der Waals surface area (Å²) in [6.45, 7) is -0.507.